The highest BCUT2D eigenvalue weighted by Gasteiger charge is 2.22. The molecule has 0 spiro atoms. The van der Waals surface area contributed by atoms with Gasteiger partial charge in [0.1, 0.15) is 11.4 Å². The molecule has 0 saturated carbocycles. The van der Waals surface area contributed by atoms with Crippen LogP contribution in [0.25, 0.3) is 0 Å². The zero-order valence-corrected chi connectivity index (χ0v) is 13.5. The highest BCUT2D eigenvalue weighted by atomic mass is 16.6. The van der Waals surface area contributed by atoms with Gasteiger partial charge in [-0.25, -0.2) is 9.42 Å². The second kappa shape index (κ2) is 7.56. The summed E-state index contributed by atoms with van der Waals surface area (Å²) >= 11 is 0. The molecule has 25 heavy (non-hydrogen) atoms. The van der Waals surface area contributed by atoms with Crippen LogP contribution in [0, 0.1) is 0 Å². The largest absolute Gasteiger partial charge is 0.465 e. The van der Waals surface area contributed by atoms with E-state index in [9.17, 15) is 9.59 Å². The van der Waals surface area contributed by atoms with E-state index in [2.05, 4.69) is 25.5 Å². The van der Waals surface area contributed by atoms with Crippen molar-refractivity contribution in [2.24, 2.45) is 5.16 Å². The van der Waals surface area contributed by atoms with Gasteiger partial charge in [-0.3, -0.25) is 4.79 Å². The smallest absolute Gasteiger partial charge is 0.339 e. The summed E-state index contributed by atoms with van der Waals surface area (Å²) < 4.78 is 9.37. The molecule has 0 atom stereocenters. The molecule has 0 unspecified atom stereocenters. The Morgan fingerprint density at radius 3 is 2.96 bits per heavy atom. The summed E-state index contributed by atoms with van der Waals surface area (Å²) in [7, 11) is 1.28. The molecule has 9 heteroatoms. The number of hydrogen-bond donors (Lipinski definition) is 1. The predicted molar refractivity (Wildman–Crippen MR) is 86.1 cm³/mol. The lowest BCUT2D eigenvalue weighted by molar-refractivity contribution is -0.120. The van der Waals surface area contributed by atoms with Crippen LogP contribution in [0.2, 0.25) is 0 Å². The van der Waals surface area contributed by atoms with E-state index < -0.39 is 11.9 Å². The Balaban J connectivity index is 1.60. The fourth-order valence-electron chi connectivity index (χ4n) is 2.46. The van der Waals surface area contributed by atoms with Crippen LogP contribution < -0.4 is 5.32 Å². The lowest BCUT2D eigenvalue weighted by Crippen LogP contribution is -2.20. The molecule has 1 N–H and O–H groups in total. The van der Waals surface area contributed by atoms with Crippen molar-refractivity contribution in [3.05, 3.63) is 41.2 Å². The number of esters is 1. The minimum absolute atomic E-state index is 0.259. The second-order valence-corrected chi connectivity index (χ2v) is 5.31. The zero-order valence-electron chi connectivity index (χ0n) is 13.5. The Morgan fingerprint density at radius 1 is 1.28 bits per heavy atom. The number of benzene rings is 1. The molecule has 1 aromatic carbocycles. The number of anilines is 1. The molecular formula is C16H16N4O5. The van der Waals surface area contributed by atoms with Crippen molar-refractivity contribution in [3.63, 3.8) is 0 Å². The molecular weight excluding hydrogens is 328 g/mol. The summed E-state index contributed by atoms with van der Waals surface area (Å²) in [5, 5.41) is 14.1. The van der Waals surface area contributed by atoms with Crippen molar-refractivity contribution in [1.82, 2.24) is 10.3 Å². The second-order valence-electron chi connectivity index (χ2n) is 5.31. The summed E-state index contributed by atoms with van der Waals surface area (Å²) in [5.41, 5.74) is 2.52. The van der Waals surface area contributed by atoms with Gasteiger partial charge in [0.2, 0.25) is 0 Å². The van der Waals surface area contributed by atoms with Gasteiger partial charge in [0.15, 0.2) is 12.3 Å². The highest BCUT2D eigenvalue weighted by molar-refractivity contribution is 6.02. The number of carbonyl (C=O) groups excluding carboxylic acids is 2. The third-order valence-electron chi connectivity index (χ3n) is 3.63. The van der Waals surface area contributed by atoms with E-state index in [1.807, 2.05) is 0 Å². The number of methoxy groups -OCH3 is 1. The molecule has 1 amide bonds. The van der Waals surface area contributed by atoms with Crippen LogP contribution in [-0.2, 0) is 20.8 Å². The fraction of sp³-hybridized carbons (Fsp3) is 0.312. The molecule has 0 aliphatic heterocycles. The minimum Gasteiger partial charge on any atom is -0.465 e. The molecule has 1 aromatic heterocycles. The van der Waals surface area contributed by atoms with Crippen molar-refractivity contribution < 1.29 is 23.8 Å². The first-order valence-corrected chi connectivity index (χ1v) is 7.67. The van der Waals surface area contributed by atoms with E-state index >= 15 is 0 Å². The SMILES string of the molecule is COC(=O)c1ccccc1NC(=O)CO/N=C1\CCCc2nonc21. The van der Waals surface area contributed by atoms with Gasteiger partial charge in [0, 0.05) is 0 Å². The number of oxime groups is 1. The molecule has 0 saturated heterocycles. The van der Waals surface area contributed by atoms with E-state index in [1.165, 1.54) is 7.11 Å². The number of ether oxygens (including phenoxy) is 1. The maximum absolute atomic E-state index is 12.0. The summed E-state index contributed by atoms with van der Waals surface area (Å²) in [5.74, 6) is -0.986. The van der Waals surface area contributed by atoms with Crippen LogP contribution in [0.1, 0.15) is 34.6 Å². The maximum atomic E-state index is 12.0. The molecule has 1 heterocycles. The molecule has 130 valence electrons. The van der Waals surface area contributed by atoms with Gasteiger partial charge >= 0.3 is 5.97 Å². The average molecular weight is 344 g/mol. The van der Waals surface area contributed by atoms with Gasteiger partial charge in [0.05, 0.1) is 18.4 Å². The average Bonchev–Trinajstić information content (AvgIpc) is 3.11. The lowest BCUT2D eigenvalue weighted by atomic mass is 9.99. The van der Waals surface area contributed by atoms with Crippen molar-refractivity contribution >= 4 is 23.3 Å². The summed E-state index contributed by atoms with van der Waals surface area (Å²) in [4.78, 5) is 28.8. The summed E-state index contributed by atoms with van der Waals surface area (Å²) in [6.07, 6.45) is 2.32. The van der Waals surface area contributed by atoms with E-state index in [-0.39, 0.29) is 12.2 Å². The number of aromatic nitrogens is 2. The normalized spacial score (nSPS) is 14.7. The van der Waals surface area contributed by atoms with Crippen molar-refractivity contribution in [1.29, 1.82) is 0 Å². The Morgan fingerprint density at radius 2 is 2.12 bits per heavy atom. The number of nitrogens with zero attached hydrogens (tertiary/aromatic N) is 3. The van der Waals surface area contributed by atoms with E-state index in [1.54, 1.807) is 24.3 Å². The molecule has 1 aliphatic rings. The lowest BCUT2D eigenvalue weighted by Gasteiger charge is -2.10. The number of amides is 1. The quantitative estimate of drug-likeness (QED) is 0.646. The van der Waals surface area contributed by atoms with Gasteiger partial charge < -0.3 is 14.9 Å². The molecule has 9 nitrogen and oxygen atoms in total. The number of rotatable bonds is 5. The van der Waals surface area contributed by atoms with Gasteiger partial charge in [-0.05, 0) is 36.6 Å². The van der Waals surface area contributed by atoms with Crippen LogP contribution >= 0.6 is 0 Å². The number of aryl methyl sites for hydroxylation is 1. The van der Waals surface area contributed by atoms with Crippen LogP contribution in [0.5, 0.6) is 0 Å². The third-order valence-corrected chi connectivity index (χ3v) is 3.63. The third kappa shape index (κ3) is 3.82. The van der Waals surface area contributed by atoms with Gasteiger partial charge in [-0.15, -0.1) is 0 Å². The zero-order chi connectivity index (χ0) is 17.6. The number of fused-ring (bicyclic) bond motifs is 1. The first kappa shape index (κ1) is 16.6. The maximum Gasteiger partial charge on any atom is 0.339 e. The molecule has 3 rings (SSSR count). The fourth-order valence-corrected chi connectivity index (χ4v) is 2.46. The van der Waals surface area contributed by atoms with Crippen LogP contribution in [0.3, 0.4) is 0 Å². The highest BCUT2D eigenvalue weighted by Crippen LogP contribution is 2.18. The minimum atomic E-state index is -0.537. The number of para-hydroxylation sites is 1. The molecule has 2 aromatic rings. The van der Waals surface area contributed by atoms with E-state index in [0.717, 1.165) is 18.5 Å². The van der Waals surface area contributed by atoms with E-state index in [4.69, 9.17) is 9.47 Å². The topological polar surface area (TPSA) is 116 Å². The number of carbonyl (C=O) groups is 2. The Bertz CT molecular complexity index is 814. The van der Waals surface area contributed by atoms with Gasteiger partial charge in [-0.2, -0.15) is 0 Å². The monoisotopic (exact) mass is 344 g/mol. The van der Waals surface area contributed by atoms with Crippen molar-refractivity contribution in [3.8, 4) is 0 Å². The Hall–Kier alpha value is -3.23. The first-order chi connectivity index (χ1) is 12.2. The van der Waals surface area contributed by atoms with Crippen molar-refractivity contribution in [2.45, 2.75) is 19.3 Å². The van der Waals surface area contributed by atoms with Crippen LogP contribution in [0.15, 0.2) is 34.1 Å². The summed E-state index contributed by atoms with van der Waals surface area (Å²) in [6.45, 7) is -0.306. The molecule has 0 fully saturated rings. The van der Waals surface area contributed by atoms with Crippen LogP contribution in [-0.4, -0.2) is 41.6 Å². The number of hydrogen-bond acceptors (Lipinski definition) is 8. The number of nitrogens with one attached hydrogen (secondary N) is 1. The Kier molecular flexibility index (Phi) is 5.03. The molecule has 0 radical (unpaired) electrons. The Labute approximate surface area is 142 Å². The molecule has 0 bridgehead atoms. The standard InChI is InChI=1S/C16H16N4O5/c1-23-16(22)10-5-2-3-6-11(10)17-14(21)9-24-18-12-7-4-8-13-15(12)20-25-19-13/h2-3,5-6H,4,7-9H2,1H3,(H,17,21)/b18-12+. The first-order valence-electron chi connectivity index (χ1n) is 7.67. The van der Waals surface area contributed by atoms with Gasteiger partial charge in [0.25, 0.3) is 5.91 Å². The predicted octanol–water partition coefficient (Wildman–Crippen LogP) is 1.55. The van der Waals surface area contributed by atoms with Crippen molar-refractivity contribution in [2.75, 3.05) is 19.0 Å². The summed E-state index contributed by atoms with van der Waals surface area (Å²) in [6, 6.07) is 6.54. The van der Waals surface area contributed by atoms with E-state index in [0.29, 0.717) is 23.5 Å². The van der Waals surface area contributed by atoms with Gasteiger partial charge in [-0.1, -0.05) is 22.4 Å². The molecule has 1 aliphatic carbocycles. The van der Waals surface area contributed by atoms with Crippen LogP contribution in [0.4, 0.5) is 5.69 Å².